The molecule has 176 valence electrons. The number of fused-ring (bicyclic) bond motifs is 1. The van der Waals surface area contributed by atoms with Crippen molar-refractivity contribution in [2.24, 2.45) is 0 Å². The summed E-state index contributed by atoms with van der Waals surface area (Å²) >= 11 is 0. The molecule has 1 heterocycles. The van der Waals surface area contributed by atoms with Crippen LogP contribution in [0, 0.1) is 0 Å². The van der Waals surface area contributed by atoms with Gasteiger partial charge in [-0.3, -0.25) is 4.79 Å². The quantitative estimate of drug-likeness (QED) is 0.382. The molecular formula is C26H28N4O3S. The number of nitrogens with one attached hydrogen (secondary N) is 2. The van der Waals surface area contributed by atoms with Gasteiger partial charge in [-0.15, -0.1) is 0 Å². The summed E-state index contributed by atoms with van der Waals surface area (Å²) in [6.45, 7) is 4.34. The van der Waals surface area contributed by atoms with Gasteiger partial charge in [-0.25, -0.2) is 9.78 Å². The van der Waals surface area contributed by atoms with Gasteiger partial charge in [0, 0.05) is 0 Å². The number of anilines is 1. The summed E-state index contributed by atoms with van der Waals surface area (Å²) < 4.78 is 5.65. The number of nitrogens with zero attached hydrogens (tertiary/aromatic N) is 2. The number of hydrogen-bond donors (Lipinski definition) is 2. The minimum atomic E-state index is -0.354. The molecule has 0 spiro atoms. The van der Waals surface area contributed by atoms with Gasteiger partial charge in [0.15, 0.2) is 0 Å². The predicted octanol–water partition coefficient (Wildman–Crippen LogP) is 5.23. The van der Waals surface area contributed by atoms with Gasteiger partial charge in [-0.05, 0) is 43.7 Å². The molecule has 34 heavy (non-hydrogen) atoms. The summed E-state index contributed by atoms with van der Waals surface area (Å²) in [5.41, 5.74) is 2.79. The van der Waals surface area contributed by atoms with Crippen LogP contribution in [0.4, 0.5) is 10.5 Å². The number of ether oxygens (including phenoxy) is 1. The number of urea groups is 1. The van der Waals surface area contributed by atoms with Gasteiger partial charge < -0.3 is 19.9 Å². The van der Waals surface area contributed by atoms with E-state index in [0.717, 1.165) is 5.56 Å². The molecule has 0 aliphatic carbocycles. The van der Waals surface area contributed by atoms with Gasteiger partial charge in [0.2, 0.25) is 0 Å². The molecule has 7 nitrogen and oxygen atoms in total. The topological polar surface area (TPSA) is 87.3 Å². The first-order chi connectivity index (χ1) is 16.1. The van der Waals surface area contributed by atoms with Gasteiger partial charge in [0.1, 0.15) is 11.4 Å². The van der Waals surface area contributed by atoms with Crippen molar-refractivity contribution in [2.75, 3.05) is 11.9 Å². The Morgan fingerprint density at radius 3 is 2.47 bits per heavy atom. The Morgan fingerprint density at radius 2 is 1.71 bits per heavy atom. The van der Waals surface area contributed by atoms with E-state index < -0.39 is 0 Å². The molecule has 0 bridgehead atoms. The zero-order valence-electron chi connectivity index (χ0n) is 19.1. The highest BCUT2D eigenvalue weighted by molar-refractivity contribution is 7.59. The first-order valence-corrected chi connectivity index (χ1v) is 10.9. The van der Waals surface area contributed by atoms with Gasteiger partial charge in [0.05, 0.1) is 35.9 Å². The van der Waals surface area contributed by atoms with Crippen molar-refractivity contribution in [2.45, 2.75) is 26.4 Å². The summed E-state index contributed by atoms with van der Waals surface area (Å²) in [7, 11) is 0. The zero-order valence-corrected chi connectivity index (χ0v) is 20.1. The van der Waals surface area contributed by atoms with E-state index in [-0.39, 0.29) is 43.4 Å². The SMILES string of the molecule is CCOc1ccccc1NC(=O)N(Cc1nc2ccccc2[nH]c1=O)[C@@H](C)c1ccccc1.S. The molecule has 1 atom stereocenters. The average molecular weight is 477 g/mol. The Bertz CT molecular complexity index is 1310. The van der Waals surface area contributed by atoms with Crippen LogP contribution in [0.1, 0.15) is 31.1 Å². The second-order valence-electron chi connectivity index (χ2n) is 7.60. The molecule has 2 N–H and O–H groups in total. The smallest absolute Gasteiger partial charge is 0.322 e. The van der Waals surface area contributed by atoms with Crippen LogP contribution in [0.15, 0.2) is 83.7 Å². The van der Waals surface area contributed by atoms with E-state index >= 15 is 0 Å². The predicted molar refractivity (Wildman–Crippen MR) is 140 cm³/mol. The van der Waals surface area contributed by atoms with Crippen molar-refractivity contribution in [1.29, 1.82) is 0 Å². The molecule has 2 amide bonds. The number of hydrogen-bond acceptors (Lipinski definition) is 4. The van der Waals surface area contributed by atoms with Crippen molar-refractivity contribution < 1.29 is 9.53 Å². The van der Waals surface area contributed by atoms with E-state index in [9.17, 15) is 9.59 Å². The first kappa shape index (κ1) is 24.9. The fourth-order valence-corrected chi connectivity index (χ4v) is 3.67. The Morgan fingerprint density at radius 1 is 1.03 bits per heavy atom. The molecule has 0 radical (unpaired) electrons. The average Bonchev–Trinajstić information content (AvgIpc) is 2.84. The molecule has 0 fully saturated rings. The van der Waals surface area contributed by atoms with Crippen LogP contribution in [-0.4, -0.2) is 27.5 Å². The lowest BCUT2D eigenvalue weighted by Crippen LogP contribution is -2.38. The van der Waals surface area contributed by atoms with Crippen molar-refractivity contribution >= 4 is 36.2 Å². The maximum absolute atomic E-state index is 13.5. The zero-order chi connectivity index (χ0) is 23.2. The van der Waals surface area contributed by atoms with Crippen molar-refractivity contribution in [3.63, 3.8) is 0 Å². The van der Waals surface area contributed by atoms with E-state index in [1.54, 1.807) is 23.1 Å². The van der Waals surface area contributed by atoms with E-state index in [1.165, 1.54) is 0 Å². The van der Waals surface area contributed by atoms with E-state index in [1.807, 2.05) is 74.5 Å². The van der Waals surface area contributed by atoms with Crippen LogP contribution < -0.4 is 15.6 Å². The van der Waals surface area contributed by atoms with Crippen LogP contribution in [0.5, 0.6) is 5.75 Å². The van der Waals surface area contributed by atoms with Crippen LogP contribution in [0.25, 0.3) is 11.0 Å². The number of carbonyl (C=O) groups excluding carboxylic acids is 1. The Hall–Kier alpha value is -3.78. The van der Waals surface area contributed by atoms with E-state index in [4.69, 9.17) is 4.74 Å². The van der Waals surface area contributed by atoms with E-state index in [0.29, 0.717) is 29.1 Å². The molecule has 0 aliphatic rings. The van der Waals surface area contributed by atoms with Crippen LogP contribution in [-0.2, 0) is 6.54 Å². The van der Waals surface area contributed by atoms with Crippen LogP contribution in [0.2, 0.25) is 0 Å². The largest absolute Gasteiger partial charge is 0.492 e. The van der Waals surface area contributed by atoms with Crippen LogP contribution >= 0.6 is 13.5 Å². The van der Waals surface area contributed by atoms with Crippen molar-refractivity contribution in [1.82, 2.24) is 14.9 Å². The standard InChI is InChI=1S/C26H26N4O3.H2S/c1-3-33-24-16-10-9-15-22(24)29-26(32)30(18(2)19-11-5-4-6-12-19)17-23-25(31)28-21-14-8-7-13-20(21)27-23;/h4-16,18H,3,17H2,1-2H3,(H,28,31)(H,29,32);1H2/t18-;/m0./s1. The lowest BCUT2D eigenvalue weighted by Gasteiger charge is -2.29. The third kappa shape index (κ3) is 5.58. The van der Waals surface area contributed by atoms with Gasteiger partial charge >= 0.3 is 6.03 Å². The van der Waals surface area contributed by atoms with Gasteiger partial charge in [-0.1, -0.05) is 54.6 Å². The number of carbonyl (C=O) groups is 1. The Kier molecular flexibility index (Phi) is 8.32. The summed E-state index contributed by atoms with van der Waals surface area (Å²) in [5, 5.41) is 2.94. The third-order valence-electron chi connectivity index (χ3n) is 5.43. The highest BCUT2D eigenvalue weighted by Crippen LogP contribution is 2.27. The summed E-state index contributed by atoms with van der Waals surface area (Å²) in [6, 6.07) is 23.6. The highest BCUT2D eigenvalue weighted by Gasteiger charge is 2.24. The minimum absolute atomic E-state index is 0. The second-order valence-corrected chi connectivity index (χ2v) is 7.60. The number of amides is 2. The number of aromatic amines is 1. The summed E-state index contributed by atoms with van der Waals surface area (Å²) in [6.07, 6.45) is 0. The summed E-state index contributed by atoms with van der Waals surface area (Å²) in [4.78, 5) is 35.2. The molecule has 0 saturated carbocycles. The Balaban J connectivity index is 0.00000324. The van der Waals surface area contributed by atoms with Gasteiger partial charge in [0.25, 0.3) is 5.56 Å². The number of benzene rings is 3. The fraction of sp³-hybridized carbons (Fsp3) is 0.192. The summed E-state index contributed by atoms with van der Waals surface area (Å²) in [5.74, 6) is 0.586. The minimum Gasteiger partial charge on any atom is -0.492 e. The third-order valence-corrected chi connectivity index (χ3v) is 5.43. The fourth-order valence-electron chi connectivity index (χ4n) is 3.67. The molecule has 4 aromatic rings. The van der Waals surface area contributed by atoms with Crippen molar-refractivity contribution in [3.8, 4) is 5.75 Å². The molecule has 4 rings (SSSR count). The highest BCUT2D eigenvalue weighted by atomic mass is 32.1. The van der Waals surface area contributed by atoms with Crippen molar-refractivity contribution in [3.05, 3.63) is 100 Å². The molecule has 1 aromatic heterocycles. The number of aromatic nitrogens is 2. The second kappa shape index (κ2) is 11.4. The molecule has 0 saturated heterocycles. The lowest BCUT2D eigenvalue weighted by molar-refractivity contribution is 0.188. The first-order valence-electron chi connectivity index (χ1n) is 10.9. The lowest BCUT2D eigenvalue weighted by atomic mass is 10.1. The molecular weight excluding hydrogens is 448 g/mol. The molecule has 3 aromatic carbocycles. The monoisotopic (exact) mass is 476 g/mol. The number of H-pyrrole nitrogens is 1. The maximum Gasteiger partial charge on any atom is 0.322 e. The number of para-hydroxylation sites is 4. The maximum atomic E-state index is 13.5. The number of rotatable bonds is 7. The van der Waals surface area contributed by atoms with Crippen LogP contribution in [0.3, 0.4) is 0 Å². The molecule has 0 aliphatic heterocycles. The normalized spacial score (nSPS) is 11.4. The van der Waals surface area contributed by atoms with Gasteiger partial charge in [-0.2, -0.15) is 13.5 Å². The Labute approximate surface area is 205 Å². The molecule has 8 heteroatoms. The van der Waals surface area contributed by atoms with E-state index in [2.05, 4.69) is 15.3 Å². The molecule has 0 unspecified atom stereocenters.